The lowest BCUT2D eigenvalue weighted by atomic mass is 10.0. The zero-order valence-corrected chi connectivity index (χ0v) is 12.3. The SMILES string of the molecule is CCC(C)(C)NS(=O)(=O)c1ccc(CO)c(Cl)c1. The first-order chi connectivity index (χ1) is 8.22. The summed E-state index contributed by atoms with van der Waals surface area (Å²) < 4.78 is 26.9. The number of sulfonamides is 1. The van der Waals surface area contributed by atoms with Gasteiger partial charge in [-0.25, -0.2) is 13.1 Å². The van der Waals surface area contributed by atoms with Gasteiger partial charge in [-0.1, -0.05) is 24.6 Å². The summed E-state index contributed by atoms with van der Waals surface area (Å²) in [6.07, 6.45) is 0.675. The van der Waals surface area contributed by atoms with E-state index in [9.17, 15) is 8.42 Å². The number of benzene rings is 1. The van der Waals surface area contributed by atoms with Crippen LogP contribution in [0.3, 0.4) is 0 Å². The van der Waals surface area contributed by atoms with E-state index in [2.05, 4.69) is 4.72 Å². The normalized spacial score (nSPS) is 12.7. The van der Waals surface area contributed by atoms with E-state index in [0.29, 0.717) is 12.0 Å². The molecule has 0 fully saturated rings. The van der Waals surface area contributed by atoms with Crippen LogP contribution in [0.25, 0.3) is 0 Å². The van der Waals surface area contributed by atoms with Crippen LogP contribution in [-0.4, -0.2) is 19.1 Å². The number of hydrogen-bond donors (Lipinski definition) is 2. The summed E-state index contributed by atoms with van der Waals surface area (Å²) in [6, 6.07) is 4.29. The standard InChI is InChI=1S/C12H18ClNO3S/c1-4-12(2,3)14-18(16,17)10-6-5-9(8-15)11(13)7-10/h5-7,14-15H,4,8H2,1-3H3. The van der Waals surface area contributed by atoms with Gasteiger partial charge in [-0.05, 0) is 38.0 Å². The minimum Gasteiger partial charge on any atom is -0.392 e. The van der Waals surface area contributed by atoms with Crippen molar-refractivity contribution in [2.75, 3.05) is 0 Å². The van der Waals surface area contributed by atoms with E-state index in [1.165, 1.54) is 18.2 Å². The number of rotatable bonds is 5. The minimum atomic E-state index is -3.59. The van der Waals surface area contributed by atoms with Gasteiger partial charge in [0.25, 0.3) is 0 Å². The monoisotopic (exact) mass is 291 g/mol. The van der Waals surface area contributed by atoms with Crippen molar-refractivity contribution in [2.24, 2.45) is 0 Å². The predicted molar refractivity (Wildman–Crippen MR) is 72.1 cm³/mol. The van der Waals surface area contributed by atoms with Crippen molar-refractivity contribution < 1.29 is 13.5 Å². The van der Waals surface area contributed by atoms with Crippen molar-refractivity contribution in [3.8, 4) is 0 Å². The van der Waals surface area contributed by atoms with Gasteiger partial charge in [0.1, 0.15) is 0 Å². The number of nitrogens with one attached hydrogen (secondary N) is 1. The summed E-state index contributed by atoms with van der Waals surface area (Å²) in [4.78, 5) is 0.103. The Balaban J connectivity index is 3.10. The molecule has 0 saturated carbocycles. The molecule has 0 spiro atoms. The van der Waals surface area contributed by atoms with Gasteiger partial charge in [-0.3, -0.25) is 0 Å². The molecule has 0 amide bonds. The van der Waals surface area contributed by atoms with Gasteiger partial charge in [0.2, 0.25) is 10.0 Å². The van der Waals surface area contributed by atoms with Crippen molar-refractivity contribution in [2.45, 2.75) is 44.2 Å². The summed E-state index contributed by atoms with van der Waals surface area (Å²) in [5.74, 6) is 0. The van der Waals surface area contributed by atoms with E-state index < -0.39 is 15.6 Å². The Kier molecular flexibility index (Phi) is 4.78. The van der Waals surface area contributed by atoms with E-state index in [0.717, 1.165) is 0 Å². The summed E-state index contributed by atoms with van der Waals surface area (Å²) in [5, 5.41) is 9.23. The average molecular weight is 292 g/mol. The lowest BCUT2D eigenvalue weighted by Crippen LogP contribution is -2.42. The first-order valence-corrected chi connectivity index (χ1v) is 7.51. The van der Waals surface area contributed by atoms with Gasteiger partial charge in [0, 0.05) is 10.6 Å². The molecule has 1 aromatic rings. The first-order valence-electron chi connectivity index (χ1n) is 5.65. The van der Waals surface area contributed by atoms with Crippen LogP contribution in [0.2, 0.25) is 5.02 Å². The van der Waals surface area contributed by atoms with E-state index in [-0.39, 0.29) is 16.5 Å². The molecule has 0 bridgehead atoms. The number of hydrogen-bond acceptors (Lipinski definition) is 3. The smallest absolute Gasteiger partial charge is 0.241 e. The lowest BCUT2D eigenvalue weighted by Gasteiger charge is -2.24. The van der Waals surface area contributed by atoms with Gasteiger partial charge in [-0.15, -0.1) is 0 Å². The Bertz CT molecular complexity index is 526. The van der Waals surface area contributed by atoms with Crippen LogP contribution >= 0.6 is 11.6 Å². The summed E-state index contributed by atoms with van der Waals surface area (Å²) in [5.41, 5.74) is -0.00797. The Morgan fingerprint density at radius 1 is 1.39 bits per heavy atom. The maximum Gasteiger partial charge on any atom is 0.241 e. The minimum absolute atomic E-state index is 0.103. The van der Waals surface area contributed by atoms with Gasteiger partial charge in [0.15, 0.2) is 0 Å². The zero-order valence-electron chi connectivity index (χ0n) is 10.7. The molecule has 0 aromatic heterocycles. The van der Waals surface area contributed by atoms with Crippen molar-refractivity contribution in [3.05, 3.63) is 28.8 Å². The largest absolute Gasteiger partial charge is 0.392 e. The molecule has 0 heterocycles. The van der Waals surface area contributed by atoms with Crippen molar-refractivity contribution in [1.82, 2.24) is 4.72 Å². The van der Waals surface area contributed by atoms with Crippen molar-refractivity contribution >= 4 is 21.6 Å². The highest BCUT2D eigenvalue weighted by atomic mass is 35.5. The predicted octanol–water partition coefficient (Wildman–Crippen LogP) is 2.30. The molecule has 1 rings (SSSR count). The highest BCUT2D eigenvalue weighted by Gasteiger charge is 2.24. The molecule has 0 aliphatic rings. The second-order valence-electron chi connectivity index (χ2n) is 4.75. The van der Waals surface area contributed by atoms with Crippen LogP contribution in [0.1, 0.15) is 32.8 Å². The van der Waals surface area contributed by atoms with Gasteiger partial charge in [-0.2, -0.15) is 0 Å². The number of aliphatic hydroxyl groups is 1. The fourth-order valence-corrected chi connectivity index (χ4v) is 3.13. The number of aliphatic hydroxyl groups excluding tert-OH is 1. The summed E-state index contributed by atoms with van der Waals surface area (Å²) in [6.45, 7) is 5.32. The van der Waals surface area contributed by atoms with E-state index in [4.69, 9.17) is 16.7 Å². The molecule has 18 heavy (non-hydrogen) atoms. The highest BCUT2D eigenvalue weighted by Crippen LogP contribution is 2.22. The van der Waals surface area contributed by atoms with Crippen LogP contribution in [0.15, 0.2) is 23.1 Å². The molecular weight excluding hydrogens is 274 g/mol. The fraction of sp³-hybridized carbons (Fsp3) is 0.500. The van der Waals surface area contributed by atoms with Crippen LogP contribution in [0, 0.1) is 0 Å². The van der Waals surface area contributed by atoms with Crippen LogP contribution in [-0.2, 0) is 16.6 Å². The Morgan fingerprint density at radius 3 is 2.44 bits per heavy atom. The maximum absolute atomic E-state index is 12.1. The van der Waals surface area contributed by atoms with Gasteiger partial charge < -0.3 is 5.11 Å². The fourth-order valence-electron chi connectivity index (χ4n) is 1.32. The highest BCUT2D eigenvalue weighted by molar-refractivity contribution is 7.89. The third-order valence-corrected chi connectivity index (χ3v) is 4.85. The maximum atomic E-state index is 12.1. The average Bonchev–Trinajstić information content (AvgIpc) is 2.27. The van der Waals surface area contributed by atoms with Gasteiger partial charge in [0.05, 0.1) is 11.5 Å². The molecule has 0 aliphatic heterocycles. The topological polar surface area (TPSA) is 66.4 Å². The third kappa shape index (κ3) is 3.68. The molecular formula is C12H18ClNO3S. The van der Waals surface area contributed by atoms with Crippen LogP contribution in [0.4, 0.5) is 0 Å². The van der Waals surface area contributed by atoms with E-state index in [1.54, 1.807) is 0 Å². The van der Waals surface area contributed by atoms with E-state index in [1.807, 2.05) is 20.8 Å². The molecule has 6 heteroatoms. The van der Waals surface area contributed by atoms with E-state index >= 15 is 0 Å². The summed E-state index contributed by atoms with van der Waals surface area (Å²) in [7, 11) is -3.59. The molecule has 0 unspecified atom stereocenters. The molecule has 1 aromatic carbocycles. The first kappa shape index (κ1) is 15.4. The van der Waals surface area contributed by atoms with Crippen LogP contribution in [0.5, 0.6) is 0 Å². The Hall–Kier alpha value is -0.620. The molecule has 2 N–H and O–H groups in total. The lowest BCUT2D eigenvalue weighted by molar-refractivity contribution is 0.282. The molecule has 0 aliphatic carbocycles. The Morgan fingerprint density at radius 2 is 2.00 bits per heavy atom. The second kappa shape index (κ2) is 5.57. The summed E-state index contributed by atoms with van der Waals surface area (Å²) >= 11 is 5.89. The molecule has 4 nitrogen and oxygen atoms in total. The Labute approximate surface area is 113 Å². The quantitative estimate of drug-likeness (QED) is 0.875. The van der Waals surface area contributed by atoms with Crippen molar-refractivity contribution in [3.63, 3.8) is 0 Å². The number of halogens is 1. The molecule has 102 valence electrons. The second-order valence-corrected chi connectivity index (χ2v) is 6.84. The van der Waals surface area contributed by atoms with Crippen LogP contribution < -0.4 is 4.72 Å². The third-order valence-electron chi connectivity index (χ3n) is 2.80. The molecule has 0 atom stereocenters. The van der Waals surface area contributed by atoms with Crippen molar-refractivity contribution in [1.29, 1.82) is 0 Å². The molecule has 0 radical (unpaired) electrons. The van der Waals surface area contributed by atoms with Gasteiger partial charge >= 0.3 is 0 Å². The molecule has 0 saturated heterocycles. The zero-order chi connectivity index (χ0) is 14.0.